The molecule has 1 aromatic heterocycles. The number of fused-ring (bicyclic) bond motifs is 1. The number of benzene rings is 2. The number of pyridine rings is 1. The predicted octanol–water partition coefficient (Wildman–Crippen LogP) is 4.98. The summed E-state index contributed by atoms with van der Waals surface area (Å²) >= 11 is 6.40. The molecule has 0 aliphatic heterocycles. The lowest BCUT2D eigenvalue weighted by molar-refractivity contribution is 0.311. The molecule has 21 heavy (non-hydrogen) atoms. The van der Waals surface area contributed by atoms with E-state index in [0.29, 0.717) is 6.61 Å². The monoisotopic (exact) mass is 297 g/mol. The third kappa shape index (κ3) is 3.34. The second-order valence-electron chi connectivity index (χ2n) is 4.87. The summed E-state index contributed by atoms with van der Waals surface area (Å²) in [6.45, 7) is 0.568. The number of hydrogen-bond acceptors (Lipinski definition) is 2. The maximum Gasteiger partial charge on any atom is 0.145 e. The molecule has 0 bridgehead atoms. The molecule has 0 fully saturated rings. The van der Waals surface area contributed by atoms with Crippen LogP contribution >= 0.6 is 11.6 Å². The Kier molecular flexibility index (Phi) is 4.37. The van der Waals surface area contributed by atoms with Gasteiger partial charge in [0.2, 0.25) is 0 Å². The predicted molar refractivity (Wildman–Crippen MR) is 86.9 cm³/mol. The standard InChI is InChI=1S/C18H16ClNO/c19-17(14-6-2-1-3-7-14)10-11-21-18-13-20-12-15-8-4-5-9-16(15)18/h1-9,12-13,17H,10-11H2/t17-/m0/s1. The molecular weight excluding hydrogens is 282 g/mol. The highest BCUT2D eigenvalue weighted by Crippen LogP contribution is 2.26. The van der Waals surface area contributed by atoms with Crippen molar-refractivity contribution in [1.29, 1.82) is 0 Å². The van der Waals surface area contributed by atoms with Gasteiger partial charge in [0.15, 0.2) is 0 Å². The van der Waals surface area contributed by atoms with Crippen LogP contribution in [0.4, 0.5) is 0 Å². The molecule has 0 aliphatic carbocycles. The van der Waals surface area contributed by atoms with Gasteiger partial charge in [0.05, 0.1) is 18.2 Å². The molecule has 0 aliphatic rings. The molecule has 0 radical (unpaired) electrons. The van der Waals surface area contributed by atoms with Crippen LogP contribution in [0.3, 0.4) is 0 Å². The Bertz CT molecular complexity index is 709. The highest BCUT2D eigenvalue weighted by molar-refractivity contribution is 6.20. The highest BCUT2D eigenvalue weighted by Gasteiger charge is 2.08. The van der Waals surface area contributed by atoms with Gasteiger partial charge in [-0.1, -0.05) is 54.6 Å². The van der Waals surface area contributed by atoms with Crippen molar-refractivity contribution in [3.05, 3.63) is 72.6 Å². The van der Waals surface area contributed by atoms with Crippen LogP contribution in [0, 0.1) is 0 Å². The molecule has 2 nitrogen and oxygen atoms in total. The Balaban J connectivity index is 1.65. The number of alkyl halides is 1. The fourth-order valence-electron chi connectivity index (χ4n) is 2.30. The Labute approximate surface area is 129 Å². The van der Waals surface area contributed by atoms with Crippen LogP contribution in [0.15, 0.2) is 67.0 Å². The molecule has 1 atom stereocenters. The molecule has 3 aromatic rings. The number of halogens is 1. The third-order valence-electron chi connectivity index (χ3n) is 3.42. The third-order valence-corrected chi connectivity index (χ3v) is 3.89. The number of aromatic nitrogens is 1. The van der Waals surface area contributed by atoms with Crippen LogP contribution < -0.4 is 4.74 Å². The average Bonchev–Trinajstić information content (AvgIpc) is 2.56. The summed E-state index contributed by atoms with van der Waals surface area (Å²) < 4.78 is 5.86. The minimum atomic E-state index is -0.0332. The number of rotatable bonds is 5. The minimum Gasteiger partial charge on any atom is -0.491 e. The van der Waals surface area contributed by atoms with E-state index in [-0.39, 0.29) is 5.38 Å². The van der Waals surface area contributed by atoms with E-state index >= 15 is 0 Å². The first-order valence-electron chi connectivity index (χ1n) is 6.99. The lowest BCUT2D eigenvalue weighted by atomic mass is 10.1. The fraction of sp³-hybridized carbons (Fsp3) is 0.167. The molecule has 1 heterocycles. The SMILES string of the molecule is Cl[C@@H](CCOc1cncc2ccccc12)c1ccccc1. The second-order valence-corrected chi connectivity index (χ2v) is 5.40. The van der Waals surface area contributed by atoms with E-state index < -0.39 is 0 Å². The van der Waals surface area contributed by atoms with Crippen LogP contribution in [0.5, 0.6) is 5.75 Å². The van der Waals surface area contributed by atoms with Crippen molar-refractivity contribution in [1.82, 2.24) is 4.98 Å². The largest absolute Gasteiger partial charge is 0.491 e. The molecule has 0 spiro atoms. The smallest absolute Gasteiger partial charge is 0.145 e. The summed E-state index contributed by atoms with van der Waals surface area (Å²) in [6.07, 6.45) is 4.36. The zero-order valence-corrected chi connectivity index (χ0v) is 12.3. The average molecular weight is 298 g/mol. The van der Waals surface area contributed by atoms with E-state index in [0.717, 1.165) is 28.5 Å². The first kappa shape index (κ1) is 13.9. The van der Waals surface area contributed by atoms with E-state index in [2.05, 4.69) is 4.98 Å². The van der Waals surface area contributed by atoms with Crippen molar-refractivity contribution in [2.75, 3.05) is 6.61 Å². The van der Waals surface area contributed by atoms with Crippen LogP contribution in [-0.4, -0.2) is 11.6 Å². The fourth-order valence-corrected chi connectivity index (χ4v) is 2.54. The number of ether oxygens (including phenoxy) is 1. The van der Waals surface area contributed by atoms with Crippen molar-refractivity contribution in [3.8, 4) is 5.75 Å². The summed E-state index contributed by atoms with van der Waals surface area (Å²) in [7, 11) is 0. The van der Waals surface area contributed by atoms with Gasteiger partial charge < -0.3 is 4.74 Å². The maximum atomic E-state index is 6.40. The highest BCUT2D eigenvalue weighted by atomic mass is 35.5. The molecule has 0 saturated carbocycles. The van der Waals surface area contributed by atoms with Crippen LogP contribution in [0.2, 0.25) is 0 Å². The van der Waals surface area contributed by atoms with Crippen molar-refractivity contribution in [2.45, 2.75) is 11.8 Å². The summed E-state index contributed by atoms with van der Waals surface area (Å²) in [5.74, 6) is 0.810. The summed E-state index contributed by atoms with van der Waals surface area (Å²) in [4.78, 5) is 4.21. The van der Waals surface area contributed by atoms with Crippen molar-refractivity contribution >= 4 is 22.4 Å². The molecule has 106 valence electrons. The lowest BCUT2D eigenvalue weighted by Gasteiger charge is -2.12. The summed E-state index contributed by atoms with van der Waals surface area (Å²) in [6, 6.07) is 18.1. The van der Waals surface area contributed by atoms with E-state index in [4.69, 9.17) is 16.3 Å². The molecule has 3 rings (SSSR count). The Hall–Kier alpha value is -2.06. The van der Waals surface area contributed by atoms with Crippen LogP contribution in [0.25, 0.3) is 10.8 Å². The molecular formula is C18H16ClNO. The molecule has 0 amide bonds. The van der Waals surface area contributed by atoms with Gasteiger partial charge in [0.1, 0.15) is 5.75 Å². The van der Waals surface area contributed by atoms with Gasteiger partial charge in [-0.25, -0.2) is 0 Å². The Morgan fingerprint density at radius 3 is 2.57 bits per heavy atom. The van der Waals surface area contributed by atoms with Gasteiger partial charge in [-0.2, -0.15) is 0 Å². The second kappa shape index (κ2) is 6.59. The van der Waals surface area contributed by atoms with Crippen LogP contribution in [-0.2, 0) is 0 Å². The number of hydrogen-bond donors (Lipinski definition) is 0. The van der Waals surface area contributed by atoms with Gasteiger partial charge in [0.25, 0.3) is 0 Å². The van der Waals surface area contributed by atoms with E-state index in [1.54, 1.807) is 6.20 Å². The van der Waals surface area contributed by atoms with Gasteiger partial charge in [-0.05, 0) is 5.56 Å². The zero-order chi connectivity index (χ0) is 14.5. The molecule has 3 heteroatoms. The summed E-state index contributed by atoms with van der Waals surface area (Å²) in [5.41, 5.74) is 1.12. The molecule has 2 aromatic carbocycles. The molecule has 0 unspecified atom stereocenters. The first-order chi connectivity index (χ1) is 10.3. The maximum absolute atomic E-state index is 6.40. The van der Waals surface area contributed by atoms with E-state index in [1.165, 1.54) is 0 Å². The Morgan fingerprint density at radius 2 is 1.71 bits per heavy atom. The van der Waals surface area contributed by atoms with Crippen LogP contribution in [0.1, 0.15) is 17.4 Å². The van der Waals surface area contributed by atoms with E-state index in [1.807, 2.05) is 60.8 Å². The van der Waals surface area contributed by atoms with Gasteiger partial charge in [-0.15, -0.1) is 11.6 Å². The van der Waals surface area contributed by atoms with Crippen molar-refractivity contribution in [3.63, 3.8) is 0 Å². The molecule has 0 N–H and O–H groups in total. The van der Waals surface area contributed by atoms with Gasteiger partial charge in [0, 0.05) is 23.4 Å². The van der Waals surface area contributed by atoms with Crippen molar-refractivity contribution < 1.29 is 4.74 Å². The van der Waals surface area contributed by atoms with Gasteiger partial charge in [-0.3, -0.25) is 4.98 Å². The van der Waals surface area contributed by atoms with Crippen molar-refractivity contribution in [2.24, 2.45) is 0 Å². The number of nitrogens with zero attached hydrogens (tertiary/aromatic N) is 1. The van der Waals surface area contributed by atoms with E-state index in [9.17, 15) is 0 Å². The summed E-state index contributed by atoms with van der Waals surface area (Å²) in [5, 5.41) is 2.13. The minimum absolute atomic E-state index is 0.0332. The first-order valence-corrected chi connectivity index (χ1v) is 7.43. The normalized spacial score (nSPS) is 12.2. The topological polar surface area (TPSA) is 22.1 Å². The molecule has 0 saturated heterocycles. The zero-order valence-electron chi connectivity index (χ0n) is 11.6. The quantitative estimate of drug-likeness (QED) is 0.619. The van der Waals surface area contributed by atoms with Gasteiger partial charge >= 0.3 is 0 Å². The Morgan fingerprint density at radius 1 is 0.952 bits per heavy atom. The lowest BCUT2D eigenvalue weighted by Crippen LogP contribution is -2.02.